The third-order valence-corrected chi connectivity index (χ3v) is 2.63. The summed E-state index contributed by atoms with van der Waals surface area (Å²) in [5.41, 5.74) is 0.183. The minimum atomic E-state index is -1.14. The molecule has 0 heterocycles. The number of halogens is 1. The SMILES string of the molecule is CC(=O)NCCNC(C(=O)O)c1cc(Cl)ccc1O. The summed E-state index contributed by atoms with van der Waals surface area (Å²) < 4.78 is 0. The molecule has 104 valence electrons. The van der Waals surface area contributed by atoms with Crippen LogP contribution in [0.4, 0.5) is 0 Å². The molecule has 0 fully saturated rings. The Morgan fingerprint density at radius 2 is 2.05 bits per heavy atom. The number of aromatic hydroxyl groups is 1. The molecule has 7 heteroatoms. The molecule has 0 spiro atoms. The van der Waals surface area contributed by atoms with Crippen LogP contribution in [0, 0.1) is 0 Å². The Labute approximate surface area is 115 Å². The average Bonchev–Trinajstić information content (AvgIpc) is 2.32. The monoisotopic (exact) mass is 286 g/mol. The number of rotatable bonds is 6. The van der Waals surface area contributed by atoms with E-state index in [4.69, 9.17) is 16.7 Å². The molecule has 0 saturated heterocycles. The number of hydrogen-bond donors (Lipinski definition) is 4. The van der Waals surface area contributed by atoms with Crippen LogP contribution < -0.4 is 10.6 Å². The number of aliphatic carboxylic acids is 1. The van der Waals surface area contributed by atoms with E-state index >= 15 is 0 Å². The maximum Gasteiger partial charge on any atom is 0.325 e. The predicted molar refractivity (Wildman–Crippen MR) is 70.2 cm³/mol. The molecule has 1 aromatic rings. The molecule has 0 aliphatic carbocycles. The van der Waals surface area contributed by atoms with E-state index in [2.05, 4.69) is 10.6 Å². The number of phenols is 1. The number of hydrogen-bond acceptors (Lipinski definition) is 4. The topological polar surface area (TPSA) is 98.7 Å². The van der Waals surface area contributed by atoms with E-state index in [0.29, 0.717) is 11.6 Å². The smallest absolute Gasteiger partial charge is 0.325 e. The van der Waals surface area contributed by atoms with Crippen LogP contribution in [0.2, 0.25) is 5.02 Å². The molecular weight excluding hydrogens is 272 g/mol. The zero-order valence-corrected chi connectivity index (χ0v) is 11.1. The molecule has 4 N–H and O–H groups in total. The van der Waals surface area contributed by atoms with Crippen LogP contribution in [-0.2, 0) is 9.59 Å². The van der Waals surface area contributed by atoms with Gasteiger partial charge in [0.2, 0.25) is 5.91 Å². The van der Waals surface area contributed by atoms with Crippen molar-refractivity contribution in [3.8, 4) is 5.75 Å². The van der Waals surface area contributed by atoms with Crippen molar-refractivity contribution in [1.82, 2.24) is 10.6 Å². The fourth-order valence-electron chi connectivity index (χ4n) is 1.54. The van der Waals surface area contributed by atoms with Crippen molar-refractivity contribution in [2.45, 2.75) is 13.0 Å². The first-order valence-corrected chi connectivity index (χ1v) is 5.98. The van der Waals surface area contributed by atoms with Gasteiger partial charge in [0.05, 0.1) is 0 Å². The Hall–Kier alpha value is -1.79. The van der Waals surface area contributed by atoms with E-state index in [1.165, 1.54) is 25.1 Å². The number of carboxylic acid groups (broad SMARTS) is 1. The number of carbonyl (C=O) groups is 2. The summed E-state index contributed by atoms with van der Waals surface area (Å²) >= 11 is 5.78. The number of carboxylic acids is 1. The molecular formula is C12H15ClN2O4. The Bertz CT molecular complexity index is 479. The summed E-state index contributed by atoms with van der Waals surface area (Å²) in [5.74, 6) is -1.48. The molecule has 1 unspecified atom stereocenters. The maximum atomic E-state index is 11.2. The molecule has 1 atom stereocenters. The molecule has 0 radical (unpaired) electrons. The van der Waals surface area contributed by atoms with E-state index < -0.39 is 12.0 Å². The van der Waals surface area contributed by atoms with E-state index in [9.17, 15) is 14.7 Å². The Morgan fingerprint density at radius 3 is 2.63 bits per heavy atom. The van der Waals surface area contributed by atoms with Crippen LogP contribution in [-0.4, -0.2) is 35.2 Å². The van der Waals surface area contributed by atoms with Gasteiger partial charge in [0.15, 0.2) is 0 Å². The minimum absolute atomic E-state index is 0.149. The molecule has 0 saturated carbocycles. The fourth-order valence-corrected chi connectivity index (χ4v) is 1.72. The van der Waals surface area contributed by atoms with Crippen LogP contribution in [0.15, 0.2) is 18.2 Å². The fraction of sp³-hybridized carbons (Fsp3) is 0.333. The Morgan fingerprint density at radius 1 is 1.37 bits per heavy atom. The van der Waals surface area contributed by atoms with Gasteiger partial charge < -0.3 is 15.5 Å². The van der Waals surface area contributed by atoms with Crippen LogP contribution in [0.25, 0.3) is 0 Å². The van der Waals surface area contributed by atoms with Crippen LogP contribution in [0.1, 0.15) is 18.5 Å². The largest absolute Gasteiger partial charge is 0.508 e. The second-order valence-corrected chi connectivity index (χ2v) is 4.35. The van der Waals surface area contributed by atoms with Crippen LogP contribution in [0.5, 0.6) is 5.75 Å². The van der Waals surface area contributed by atoms with Crippen LogP contribution in [0.3, 0.4) is 0 Å². The zero-order chi connectivity index (χ0) is 14.4. The summed E-state index contributed by atoms with van der Waals surface area (Å²) in [6.07, 6.45) is 0. The van der Waals surface area contributed by atoms with Crippen LogP contribution >= 0.6 is 11.6 Å². The molecule has 0 aromatic heterocycles. The second kappa shape index (κ2) is 6.96. The van der Waals surface area contributed by atoms with Gasteiger partial charge in [-0.1, -0.05) is 11.6 Å². The van der Waals surface area contributed by atoms with Crippen molar-refractivity contribution in [1.29, 1.82) is 0 Å². The van der Waals surface area contributed by atoms with E-state index in [-0.39, 0.29) is 23.8 Å². The first kappa shape index (κ1) is 15.3. The molecule has 1 rings (SSSR count). The Balaban J connectivity index is 2.74. The Kier molecular flexibility index (Phi) is 5.59. The molecule has 0 aliphatic rings. The lowest BCUT2D eigenvalue weighted by atomic mass is 10.1. The number of carbonyl (C=O) groups excluding carboxylic acids is 1. The lowest BCUT2D eigenvalue weighted by Gasteiger charge is -2.16. The average molecular weight is 287 g/mol. The summed E-state index contributed by atoms with van der Waals surface area (Å²) in [6, 6.07) is 3.10. The summed E-state index contributed by atoms with van der Waals surface area (Å²) in [6.45, 7) is 1.92. The van der Waals surface area contributed by atoms with Gasteiger partial charge in [0, 0.05) is 30.6 Å². The lowest BCUT2D eigenvalue weighted by molar-refractivity contribution is -0.139. The lowest BCUT2D eigenvalue weighted by Crippen LogP contribution is -2.35. The summed E-state index contributed by atoms with van der Waals surface area (Å²) in [7, 11) is 0. The van der Waals surface area contributed by atoms with Gasteiger partial charge in [-0.25, -0.2) is 0 Å². The number of amides is 1. The van der Waals surface area contributed by atoms with Crippen molar-refractivity contribution in [3.05, 3.63) is 28.8 Å². The number of benzene rings is 1. The first-order valence-electron chi connectivity index (χ1n) is 5.61. The highest BCUT2D eigenvalue weighted by molar-refractivity contribution is 6.30. The third kappa shape index (κ3) is 4.76. The van der Waals surface area contributed by atoms with E-state index in [1.54, 1.807) is 0 Å². The van der Waals surface area contributed by atoms with Gasteiger partial charge in [-0.05, 0) is 18.2 Å². The summed E-state index contributed by atoms with van der Waals surface area (Å²) in [5, 5.41) is 24.4. The highest BCUT2D eigenvalue weighted by atomic mass is 35.5. The zero-order valence-electron chi connectivity index (χ0n) is 10.3. The highest BCUT2D eigenvalue weighted by Gasteiger charge is 2.22. The predicted octanol–water partition coefficient (Wildman–Crippen LogP) is 0.897. The van der Waals surface area contributed by atoms with Gasteiger partial charge in [-0.15, -0.1) is 0 Å². The molecule has 1 amide bonds. The van der Waals surface area contributed by atoms with E-state index in [1.807, 2.05) is 0 Å². The molecule has 0 aliphatic heterocycles. The van der Waals surface area contributed by atoms with E-state index in [0.717, 1.165) is 0 Å². The van der Waals surface area contributed by atoms with Crippen molar-refractivity contribution in [2.75, 3.05) is 13.1 Å². The quantitative estimate of drug-likeness (QED) is 0.582. The molecule has 0 bridgehead atoms. The van der Waals surface area contributed by atoms with Crippen molar-refractivity contribution in [2.24, 2.45) is 0 Å². The molecule has 6 nitrogen and oxygen atoms in total. The summed E-state index contributed by atoms with van der Waals surface area (Å²) in [4.78, 5) is 21.9. The highest BCUT2D eigenvalue weighted by Crippen LogP contribution is 2.27. The van der Waals surface area contributed by atoms with Gasteiger partial charge in [0.25, 0.3) is 0 Å². The minimum Gasteiger partial charge on any atom is -0.508 e. The normalized spacial score (nSPS) is 11.9. The molecule has 19 heavy (non-hydrogen) atoms. The van der Waals surface area contributed by atoms with Gasteiger partial charge in [-0.2, -0.15) is 0 Å². The second-order valence-electron chi connectivity index (χ2n) is 3.91. The van der Waals surface area contributed by atoms with Crippen molar-refractivity contribution >= 4 is 23.5 Å². The van der Waals surface area contributed by atoms with Gasteiger partial charge in [-0.3, -0.25) is 14.9 Å². The third-order valence-electron chi connectivity index (χ3n) is 2.39. The maximum absolute atomic E-state index is 11.2. The van der Waals surface area contributed by atoms with Gasteiger partial charge in [0.1, 0.15) is 11.8 Å². The standard InChI is InChI=1S/C12H15ClN2O4/c1-7(16)14-4-5-15-11(12(18)19)9-6-8(13)2-3-10(9)17/h2-3,6,11,15,17H,4-5H2,1H3,(H,14,16)(H,18,19). The van der Waals surface area contributed by atoms with Gasteiger partial charge >= 0.3 is 5.97 Å². The first-order chi connectivity index (χ1) is 8.91. The van der Waals surface area contributed by atoms with Crippen molar-refractivity contribution < 1.29 is 19.8 Å². The molecule has 1 aromatic carbocycles. The van der Waals surface area contributed by atoms with Crippen molar-refractivity contribution in [3.63, 3.8) is 0 Å². The number of phenolic OH excluding ortho intramolecular Hbond substituents is 1. The number of nitrogens with one attached hydrogen (secondary N) is 2.